The fourth-order valence-corrected chi connectivity index (χ4v) is 3.05. The van der Waals surface area contributed by atoms with E-state index >= 15 is 0 Å². The Morgan fingerprint density at radius 1 is 1.00 bits per heavy atom. The van der Waals surface area contributed by atoms with Crippen molar-refractivity contribution in [3.63, 3.8) is 0 Å². The molecule has 0 unspecified atom stereocenters. The zero-order chi connectivity index (χ0) is 19.4. The van der Waals surface area contributed by atoms with Crippen molar-refractivity contribution < 1.29 is 4.79 Å². The van der Waals surface area contributed by atoms with Crippen molar-refractivity contribution in [1.82, 2.24) is 15.3 Å². The van der Waals surface area contributed by atoms with Crippen molar-refractivity contribution in [2.45, 2.75) is 27.3 Å². The number of aryl methyl sites for hydroxylation is 3. The Labute approximate surface area is 163 Å². The fourth-order valence-electron chi connectivity index (χ4n) is 2.85. The van der Waals surface area contributed by atoms with Crippen LogP contribution in [0.5, 0.6) is 0 Å². The van der Waals surface area contributed by atoms with E-state index in [0.717, 1.165) is 22.4 Å². The van der Waals surface area contributed by atoms with Crippen molar-refractivity contribution in [3.8, 4) is 0 Å². The summed E-state index contributed by atoms with van der Waals surface area (Å²) in [6, 6.07) is 15.2. The van der Waals surface area contributed by atoms with Gasteiger partial charge in [-0.3, -0.25) is 4.79 Å². The molecule has 0 saturated carbocycles. The third-order valence-corrected chi connectivity index (χ3v) is 4.33. The van der Waals surface area contributed by atoms with E-state index in [1.165, 1.54) is 0 Å². The molecule has 1 aromatic heterocycles. The number of rotatable bonds is 5. The Hall–Kier alpha value is -2.92. The summed E-state index contributed by atoms with van der Waals surface area (Å²) < 4.78 is 0. The summed E-state index contributed by atoms with van der Waals surface area (Å²) in [5, 5.41) is 6.72. The molecule has 0 atom stereocenters. The molecule has 6 heteroatoms. The minimum Gasteiger partial charge on any atom is -0.347 e. The molecular formula is C21H21ClN4O. The number of benzene rings is 2. The Morgan fingerprint density at radius 3 is 2.41 bits per heavy atom. The van der Waals surface area contributed by atoms with Gasteiger partial charge < -0.3 is 10.6 Å². The van der Waals surface area contributed by atoms with Crippen molar-refractivity contribution >= 4 is 29.0 Å². The molecular weight excluding hydrogens is 360 g/mol. The molecule has 0 aliphatic heterocycles. The third kappa shape index (κ3) is 5.05. The van der Waals surface area contributed by atoms with Crippen LogP contribution in [0.1, 0.15) is 33.0 Å². The maximum atomic E-state index is 12.5. The SMILES string of the molecule is Cc1cc(C)cc(Nc2cc(C(=O)NCc3ccccc3Cl)nc(C)n2)c1. The molecule has 1 heterocycles. The molecule has 0 fully saturated rings. The van der Waals surface area contributed by atoms with Crippen LogP contribution in [0.25, 0.3) is 0 Å². The van der Waals surface area contributed by atoms with E-state index in [-0.39, 0.29) is 5.91 Å². The second kappa shape index (κ2) is 8.18. The maximum absolute atomic E-state index is 12.5. The number of anilines is 2. The van der Waals surface area contributed by atoms with Gasteiger partial charge in [-0.25, -0.2) is 9.97 Å². The largest absolute Gasteiger partial charge is 0.347 e. The molecule has 0 saturated heterocycles. The quantitative estimate of drug-likeness (QED) is 0.671. The monoisotopic (exact) mass is 380 g/mol. The summed E-state index contributed by atoms with van der Waals surface area (Å²) in [4.78, 5) is 21.2. The fraction of sp³-hybridized carbons (Fsp3) is 0.190. The molecule has 0 radical (unpaired) electrons. The Morgan fingerprint density at radius 2 is 1.70 bits per heavy atom. The van der Waals surface area contributed by atoms with Crippen molar-refractivity contribution in [1.29, 1.82) is 0 Å². The number of halogens is 1. The summed E-state index contributed by atoms with van der Waals surface area (Å²) in [5.41, 5.74) is 4.39. The molecule has 5 nitrogen and oxygen atoms in total. The van der Waals surface area contributed by atoms with E-state index in [0.29, 0.717) is 28.9 Å². The number of hydrogen-bond donors (Lipinski definition) is 2. The van der Waals surface area contributed by atoms with Gasteiger partial charge in [0.1, 0.15) is 17.3 Å². The van der Waals surface area contributed by atoms with Gasteiger partial charge >= 0.3 is 0 Å². The predicted molar refractivity (Wildman–Crippen MR) is 109 cm³/mol. The van der Waals surface area contributed by atoms with Crippen molar-refractivity contribution in [3.05, 3.63) is 81.8 Å². The van der Waals surface area contributed by atoms with Gasteiger partial charge in [0.15, 0.2) is 0 Å². The van der Waals surface area contributed by atoms with Crippen LogP contribution in [-0.2, 0) is 6.54 Å². The van der Waals surface area contributed by atoms with Gasteiger partial charge in [-0.15, -0.1) is 0 Å². The van der Waals surface area contributed by atoms with E-state index < -0.39 is 0 Å². The first kappa shape index (κ1) is 18.9. The first-order chi connectivity index (χ1) is 12.9. The molecule has 27 heavy (non-hydrogen) atoms. The Balaban J connectivity index is 1.76. The summed E-state index contributed by atoms with van der Waals surface area (Å²) in [6.07, 6.45) is 0. The summed E-state index contributed by atoms with van der Waals surface area (Å²) in [6.45, 7) is 6.17. The third-order valence-electron chi connectivity index (χ3n) is 3.96. The van der Waals surface area contributed by atoms with E-state index in [1.807, 2.05) is 44.2 Å². The molecule has 2 aromatic carbocycles. The Bertz CT molecular complexity index is 967. The van der Waals surface area contributed by atoms with E-state index in [1.54, 1.807) is 19.1 Å². The lowest BCUT2D eigenvalue weighted by Gasteiger charge is -2.11. The first-order valence-corrected chi connectivity index (χ1v) is 9.01. The van der Waals surface area contributed by atoms with Gasteiger partial charge in [0.25, 0.3) is 5.91 Å². The van der Waals surface area contributed by atoms with Crippen molar-refractivity contribution in [2.75, 3.05) is 5.32 Å². The summed E-state index contributed by atoms with van der Waals surface area (Å²) in [7, 11) is 0. The van der Waals surface area contributed by atoms with Crippen LogP contribution in [0.2, 0.25) is 5.02 Å². The summed E-state index contributed by atoms with van der Waals surface area (Å²) in [5.74, 6) is 0.826. The second-order valence-corrected chi connectivity index (χ2v) is 6.87. The number of hydrogen-bond acceptors (Lipinski definition) is 4. The van der Waals surface area contributed by atoms with Crippen LogP contribution in [0, 0.1) is 20.8 Å². The topological polar surface area (TPSA) is 66.9 Å². The van der Waals surface area contributed by atoms with Crippen LogP contribution in [-0.4, -0.2) is 15.9 Å². The molecule has 0 bridgehead atoms. The smallest absolute Gasteiger partial charge is 0.270 e. The Kier molecular flexibility index (Phi) is 5.72. The molecule has 3 rings (SSSR count). The lowest BCUT2D eigenvalue weighted by molar-refractivity contribution is 0.0945. The predicted octanol–water partition coefficient (Wildman–Crippen LogP) is 4.73. The van der Waals surface area contributed by atoms with Gasteiger partial charge in [0.2, 0.25) is 0 Å². The number of carbonyl (C=O) groups excluding carboxylic acids is 1. The van der Waals surface area contributed by atoms with E-state index in [4.69, 9.17) is 11.6 Å². The lowest BCUT2D eigenvalue weighted by atomic mass is 10.1. The van der Waals surface area contributed by atoms with Crippen LogP contribution < -0.4 is 10.6 Å². The molecule has 2 N–H and O–H groups in total. The van der Waals surface area contributed by atoms with Crippen LogP contribution in [0.4, 0.5) is 11.5 Å². The van der Waals surface area contributed by atoms with Crippen molar-refractivity contribution in [2.24, 2.45) is 0 Å². The average Bonchev–Trinajstić information content (AvgIpc) is 2.59. The van der Waals surface area contributed by atoms with Gasteiger partial charge in [-0.2, -0.15) is 0 Å². The van der Waals surface area contributed by atoms with Crippen LogP contribution in [0.3, 0.4) is 0 Å². The molecule has 1 amide bonds. The van der Waals surface area contributed by atoms with E-state index in [9.17, 15) is 4.79 Å². The number of nitrogens with one attached hydrogen (secondary N) is 2. The highest BCUT2D eigenvalue weighted by Crippen LogP contribution is 2.19. The molecule has 138 valence electrons. The number of amides is 1. The second-order valence-electron chi connectivity index (χ2n) is 6.46. The highest BCUT2D eigenvalue weighted by molar-refractivity contribution is 6.31. The number of nitrogens with zero attached hydrogens (tertiary/aromatic N) is 2. The van der Waals surface area contributed by atoms with E-state index in [2.05, 4.69) is 26.7 Å². The molecule has 0 aliphatic rings. The zero-order valence-electron chi connectivity index (χ0n) is 15.5. The molecule has 0 spiro atoms. The van der Waals surface area contributed by atoms with Gasteiger partial charge in [0, 0.05) is 23.3 Å². The van der Waals surface area contributed by atoms with Crippen LogP contribution >= 0.6 is 11.6 Å². The maximum Gasteiger partial charge on any atom is 0.270 e. The normalized spacial score (nSPS) is 10.5. The van der Waals surface area contributed by atoms with Gasteiger partial charge in [-0.05, 0) is 55.7 Å². The molecule has 3 aromatic rings. The highest BCUT2D eigenvalue weighted by atomic mass is 35.5. The van der Waals surface area contributed by atoms with Gasteiger partial charge in [0.05, 0.1) is 0 Å². The number of aromatic nitrogens is 2. The first-order valence-electron chi connectivity index (χ1n) is 8.63. The lowest BCUT2D eigenvalue weighted by Crippen LogP contribution is -2.24. The van der Waals surface area contributed by atoms with Gasteiger partial charge in [-0.1, -0.05) is 35.9 Å². The zero-order valence-corrected chi connectivity index (χ0v) is 16.3. The number of carbonyl (C=O) groups is 1. The highest BCUT2D eigenvalue weighted by Gasteiger charge is 2.11. The minimum absolute atomic E-state index is 0.274. The summed E-state index contributed by atoms with van der Waals surface area (Å²) >= 11 is 6.13. The van der Waals surface area contributed by atoms with Crippen LogP contribution in [0.15, 0.2) is 48.5 Å². The average molecular weight is 381 g/mol. The molecule has 0 aliphatic carbocycles. The standard InChI is InChI=1S/C21H21ClN4O/c1-13-8-14(2)10-17(9-13)26-20-11-19(24-15(3)25-20)21(27)23-12-16-6-4-5-7-18(16)22/h4-11H,12H2,1-3H3,(H,23,27)(H,24,25,26). The minimum atomic E-state index is -0.274.